The summed E-state index contributed by atoms with van der Waals surface area (Å²) in [6, 6.07) is 0. The molecule has 0 fully saturated rings. The van der Waals surface area contributed by atoms with Crippen LogP contribution in [0, 0.1) is 0 Å². The Morgan fingerprint density at radius 3 is 2.07 bits per heavy atom. The van der Waals surface area contributed by atoms with Gasteiger partial charge in [0.1, 0.15) is 0 Å². The van der Waals surface area contributed by atoms with Crippen LogP contribution in [-0.2, 0) is 4.79 Å². The molecule has 0 rings (SSSR count). The highest BCUT2D eigenvalue weighted by Crippen LogP contribution is 2.19. The zero-order chi connectivity index (χ0) is 11.7. The first-order valence-electron chi connectivity index (χ1n) is 6.06. The van der Waals surface area contributed by atoms with Crippen LogP contribution in [-0.4, -0.2) is 23.2 Å². The molecule has 0 aliphatic rings. The molecule has 3 nitrogen and oxygen atoms in total. The molecular weight excluding hydrogens is 190 g/mol. The molecular formula is C12H25NO2. The Labute approximate surface area is 93.3 Å². The molecule has 0 aliphatic carbocycles. The van der Waals surface area contributed by atoms with Gasteiger partial charge in [0.25, 0.3) is 0 Å². The molecule has 15 heavy (non-hydrogen) atoms. The Morgan fingerprint density at radius 2 is 1.67 bits per heavy atom. The number of carbonyl (C=O) groups excluding carboxylic acids is 1. The van der Waals surface area contributed by atoms with E-state index in [2.05, 4.69) is 26.1 Å². The molecule has 0 aromatic heterocycles. The third kappa shape index (κ3) is 5.17. The first kappa shape index (κ1) is 14.4. The van der Waals surface area contributed by atoms with E-state index >= 15 is 0 Å². The topological polar surface area (TPSA) is 49.3 Å². The van der Waals surface area contributed by atoms with Crippen LogP contribution in [0.2, 0.25) is 0 Å². The van der Waals surface area contributed by atoms with E-state index < -0.39 is 0 Å². The minimum Gasteiger partial charge on any atom is -0.396 e. The second kappa shape index (κ2) is 7.69. The van der Waals surface area contributed by atoms with Crippen LogP contribution in [0.5, 0.6) is 0 Å². The molecule has 0 spiro atoms. The number of amides is 1. The van der Waals surface area contributed by atoms with Crippen molar-refractivity contribution in [3.05, 3.63) is 0 Å². The molecule has 0 radical (unpaired) electrons. The summed E-state index contributed by atoms with van der Waals surface area (Å²) in [6.45, 7) is 6.51. The Morgan fingerprint density at radius 1 is 1.13 bits per heavy atom. The second-order valence-electron chi connectivity index (χ2n) is 4.07. The lowest BCUT2D eigenvalue weighted by Gasteiger charge is -2.31. The van der Waals surface area contributed by atoms with E-state index in [-0.39, 0.29) is 18.1 Å². The van der Waals surface area contributed by atoms with Gasteiger partial charge in [-0.25, -0.2) is 0 Å². The van der Waals surface area contributed by atoms with Gasteiger partial charge in [0, 0.05) is 18.6 Å². The Bertz CT molecular complexity index is 168. The molecule has 0 saturated carbocycles. The van der Waals surface area contributed by atoms with Crippen molar-refractivity contribution in [2.24, 2.45) is 0 Å². The number of hydrogen-bond acceptors (Lipinski definition) is 2. The Hall–Kier alpha value is -0.570. The van der Waals surface area contributed by atoms with E-state index in [0.717, 1.165) is 25.7 Å². The summed E-state index contributed by atoms with van der Waals surface area (Å²) < 4.78 is 0. The van der Waals surface area contributed by atoms with Crippen LogP contribution < -0.4 is 5.32 Å². The predicted molar refractivity (Wildman–Crippen MR) is 62.7 cm³/mol. The molecule has 0 aliphatic heterocycles. The first-order chi connectivity index (χ1) is 7.14. The molecule has 0 aromatic carbocycles. The second-order valence-corrected chi connectivity index (χ2v) is 4.07. The fourth-order valence-electron chi connectivity index (χ4n) is 1.77. The molecule has 90 valence electrons. The summed E-state index contributed by atoms with van der Waals surface area (Å²) in [5.74, 6) is 0.119. The standard InChI is InChI=1S/C12H25NO2/c1-4-12(5-2,6-3)13-11(15)9-7-8-10-14/h14H,4-10H2,1-3H3,(H,13,15). The van der Waals surface area contributed by atoms with Crippen molar-refractivity contribution in [1.29, 1.82) is 0 Å². The fraction of sp³-hybridized carbons (Fsp3) is 0.917. The minimum absolute atomic E-state index is 0.0176. The van der Waals surface area contributed by atoms with E-state index in [1.54, 1.807) is 0 Å². The third-order valence-electron chi connectivity index (χ3n) is 3.25. The SMILES string of the molecule is CCC(CC)(CC)NC(=O)CCCCO. The Balaban J connectivity index is 4.00. The quantitative estimate of drug-likeness (QED) is 0.610. The summed E-state index contributed by atoms with van der Waals surface area (Å²) in [5.41, 5.74) is -0.0176. The smallest absolute Gasteiger partial charge is 0.220 e. The van der Waals surface area contributed by atoms with E-state index in [1.807, 2.05) is 0 Å². The average Bonchev–Trinajstić information content (AvgIpc) is 2.26. The summed E-state index contributed by atoms with van der Waals surface area (Å²) >= 11 is 0. The van der Waals surface area contributed by atoms with Crippen molar-refractivity contribution in [3.63, 3.8) is 0 Å². The lowest BCUT2D eigenvalue weighted by molar-refractivity contribution is -0.123. The highest BCUT2D eigenvalue weighted by molar-refractivity contribution is 5.76. The number of aliphatic hydroxyl groups is 1. The molecule has 0 saturated heterocycles. The highest BCUT2D eigenvalue weighted by Gasteiger charge is 2.25. The van der Waals surface area contributed by atoms with Crippen molar-refractivity contribution in [3.8, 4) is 0 Å². The van der Waals surface area contributed by atoms with E-state index in [4.69, 9.17) is 5.11 Å². The maximum absolute atomic E-state index is 11.6. The summed E-state index contributed by atoms with van der Waals surface area (Å²) in [6.07, 6.45) is 4.95. The molecule has 3 heteroatoms. The van der Waals surface area contributed by atoms with Crippen molar-refractivity contribution in [1.82, 2.24) is 5.32 Å². The molecule has 0 bridgehead atoms. The van der Waals surface area contributed by atoms with Crippen LogP contribution in [0.4, 0.5) is 0 Å². The van der Waals surface area contributed by atoms with Crippen LogP contribution in [0.25, 0.3) is 0 Å². The van der Waals surface area contributed by atoms with Gasteiger partial charge >= 0.3 is 0 Å². The molecule has 0 unspecified atom stereocenters. The number of carbonyl (C=O) groups is 1. The van der Waals surface area contributed by atoms with Gasteiger partial charge in [0.2, 0.25) is 5.91 Å². The molecule has 0 aromatic rings. The number of unbranched alkanes of at least 4 members (excludes halogenated alkanes) is 1. The monoisotopic (exact) mass is 215 g/mol. The van der Waals surface area contributed by atoms with Gasteiger partial charge in [0.05, 0.1) is 0 Å². The molecule has 0 heterocycles. The molecule has 2 N–H and O–H groups in total. The van der Waals surface area contributed by atoms with Gasteiger partial charge in [-0.05, 0) is 32.1 Å². The average molecular weight is 215 g/mol. The number of nitrogens with one attached hydrogen (secondary N) is 1. The fourth-order valence-corrected chi connectivity index (χ4v) is 1.77. The predicted octanol–water partition coefficient (Wildman–Crippen LogP) is 2.23. The van der Waals surface area contributed by atoms with Crippen LogP contribution in [0.1, 0.15) is 59.3 Å². The zero-order valence-electron chi connectivity index (χ0n) is 10.3. The van der Waals surface area contributed by atoms with Gasteiger partial charge < -0.3 is 10.4 Å². The van der Waals surface area contributed by atoms with Gasteiger partial charge in [-0.3, -0.25) is 4.79 Å². The highest BCUT2D eigenvalue weighted by atomic mass is 16.2. The van der Waals surface area contributed by atoms with E-state index in [1.165, 1.54) is 0 Å². The van der Waals surface area contributed by atoms with E-state index in [9.17, 15) is 4.79 Å². The van der Waals surface area contributed by atoms with E-state index in [0.29, 0.717) is 12.8 Å². The maximum atomic E-state index is 11.6. The van der Waals surface area contributed by atoms with Crippen LogP contribution in [0.3, 0.4) is 0 Å². The lowest BCUT2D eigenvalue weighted by atomic mass is 9.89. The number of rotatable bonds is 8. The Kier molecular flexibility index (Phi) is 7.39. The normalized spacial score (nSPS) is 11.5. The minimum atomic E-state index is -0.0176. The van der Waals surface area contributed by atoms with Gasteiger partial charge in [-0.15, -0.1) is 0 Å². The third-order valence-corrected chi connectivity index (χ3v) is 3.25. The summed E-state index contributed by atoms with van der Waals surface area (Å²) in [5, 5.41) is 11.7. The van der Waals surface area contributed by atoms with Gasteiger partial charge in [-0.1, -0.05) is 20.8 Å². The van der Waals surface area contributed by atoms with Gasteiger partial charge in [0.15, 0.2) is 0 Å². The first-order valence-corrected chi connectivity index (χ1v) is 6.06. The summed E-state index contributed by atoms with van der Waals surface area (Å²) in [4.78, 5) is 11.6. The molecule has 0 atom stereocenters. The molecule has 1 amide bonds. The van der Waals surface area contributed by atoms with Gasteiger partial charge in [-0.2, -0.15) is 0 Å². The summed E-state index contributed by atoms with van der Waals surface area (Å²) in [7, 11) is 0. The maximum Gasteiger partial charge on any atom is 0.220 e. The van der Waals surface area contributed by atoms with Crippen molar-refractivity contribution < 1.29 is 9.90 Å². The van der Waals surface area contributed by atoms with Crippen molar-refractivity contribution in [2.45, 2.75) is 64.8 Å². The lowest BCUT2D eigenvalue weighted by Crippen LogP contribution is -2.47. The van der Waals surface area contributed by atoms with Crippen molar-refractivity contribution in [2.75, 3.05) is 6.61 Å². The van der Waals surface area contributed by atoms with Crippen molar-refractivity contribution >= 4 is 5.91 Å². The number of hydrogen-bond donors (Lipinski definition) is 2. The number of aliphatic hydroxyl groups excluding tert-OH is 1. The zero-order valence-corrected chi connectivity index (χ0v) is 10.3. The van der Waals surface area contributed by atoms with Crippen LogP contribution in [0.15, 0.2) is 0 Å². The largest absolute Gasteiger partial charge is 0.396 e. The van der Waals surface area contributed by atoms with Crippen LogP contribution >= 0.6 is 0 Å².